The second-order valence-corrected chi connectivity index (χ2v) is 4.04. The molecule has 0 saturated heterocycles. The molecule has 2 rings (SSSR count). The van der Waals surface area contributed by atoms with Gasteiger partial charge in [-0.3, -0.25) is 10.1 Å². The summed E-state index contributed by atoms with van der Waals surface area (Å²) in [5.41, 5.74) is 0.951. The lowest BCUT2D eigenvalue weighted by atomic mass is 10.2. The van der Waals surface area contributed by atoms with Crippen molar-refractivity contribution >= 4 is 11.4 Å². The minimum Gasteiger partial charge on any atom is -0.493 e. The van der Waals surface area contributed by atoms with Crippen molar-refractivity contribution in [2.45, 2.75) is 6.54 Å². The lowest BCUT2D eigenvalue weighted by Crippen LogP contribution is -2.05. The van der Waals surface area contributed by atoms with Crippen LogP contribution in [0.15, 0.2) is 30.7 Å². The summed E-state index contributed by atoms with van der Waals surface area (Å²) >= 11 is 0. The summed E-state index contributed by atoms with van der Waals surface area (Å²) in [6, 6.07) is 4.57. The van der Waals surface area contributed by atoms with E-state index in [0.29, 0.717) is 29.4 Å². The van der Waals surface area contributed by atoms with Gasteiger partial charge in [-0.15, -0.1) is 0 Å². The zero-order valence-corrected chi connectivity index (χ0v) is 11.6. The molecule has 2 aromatic rings. The second-order valence-electron chi connectivity index (χ2n) is 4.04. The van der Waals surface area contributed by atoms with E-state index >= 15 is 0 Å². The predicted molar refractivity (Wildman–Crippen MR) is 75.6 cm³/mol. The van der Waals surface area contributed by atoms with Gasteiger partial charge in [-0.25, -0.2) is 9.97 Å². The van der Waals surface area contributed by atoms with E-state index in [4.69, 9.17) is 9.47 Å². The van der Waals surface area contributed by atoms with Crippen molar-refractivity contribution in [3.63, 3.8) is 0 Å². The van der Waals surface area contributed by atoms with Crippen LogP contribution in [0.3, 0.4) is 0 Å². The van der Waals surface area contributed by atoms with Crippen molar-refractivity contribution in [2.24, 2.45) is 0 Å². The molecule has 0 atom stereocenters. The van der Waals surface area contributed by atoms with Gasteiger partial charge in [-0.2, -0.15) is 0 Å². The number of hydrogen-bond acceptors (Lipinski definition) is 7. The highest BCUT2D eigenvalue weighted by molar-refractivity contribution is 5.68. The van der Waals surface area contributed by atoms with Gasteiger partial charge in [0.15, 0.2) is 11.5 Å². The van der Waals surface area contributed by atoms with Gasteiger partial charge in [0, 0.05) is 12.3 Å². The van der Waals surface area contributed by atoms with Gasteiger partial charge in [0.05, 0.1) is 37.4 Å². The molecule has 21 heavy (non-hydrogen) atoms. The molecule has 1 heterocycles. The van der Waals surface area contributed by atoms with E-state index in [9.17, 15) is 10.1 Å². The minimum absolute atomic E-state index is 0.0956. The highest BCUT2D eigenvalue weighted by Crippen LogP contribution is 2.37. The molecule has 0 saturated carbocycles. The Morgan fingerprint density at radius 3 is 2.57 bits per heavy atom. The van der Waals surface area contributed by atoms with E-state index in [1.165, 1.54) is 32.7 Å². The lowest BCUT2D eigenvalue weighted by molar-refractivity contribution is -0.384. The Hall–Kier alpha value is -2.90. The molecule has 0 spiro atoms. The van der Waals surface area contributed by atoms with Crippen LogP contribution in [0, 0.1) is 10.1 Å². The number of ether oxygens (including phenoxy) is 2. The predicted octanol–water partition coefficient (Wildman–Crippen LogP) is 2.01. The summed E-state index contributed by atoms with van der Waals surface area (Å²) in [4.78, 5) is 18.5. The quantitative estimate of drug-likeness (QED) is 0.641. The largest absolute Gasteiger partial charge is 0.493 e. The van der Waals surface area contributed by atoms with E-state index in [0.717, 1.165) is 0 Å². The molecular weight excluding hydrogens is 276 g/mol. The molecule has 110 valence electrons. The van der Waals surface area contributed by atoms with E-state index in [1.54, 1.807) is 12.3 Å². The van der Waals surface area contributed by atoms with E-state index in [-0.39, 0.29) is 5.69 Å². The molecule has 1 aromatic heterocycles. The first kappa shape index (κ1) is 14.5. The number of benzene rings is 1. The van der Waals surface area contributed by atoms with Crippen molar-refractivity contribution in [2.75, 3.05) is 19.5 Å². The highest BCUT2D eigenvalue weighted by Gasteiger charge is 2.19. The third-order valence-corrected chi connectivity index (χ3v) is 2.80. The van der Waals surface area contributed by atoms with Crippen LogP contribution in [0.25, 0.3) is 0 Å². The highest BCUT2D eigenvalue weighted by atomic mass is 16.6. The van der Waals surface area contributed by atoms with Gasteiger partial charge in [-0.05, 0) is 6.07 Å². The molecule has 1 N–H and O–H groups in total. The number of nitrogens with one attached hydrogen (secondary N) is 1. The fourth-order valence-corrected chi connectivity index (χ4v) is 1.77. The first-order chi connectivity index (χ1) is 10.2. The maximum Gasteiger partial charge on any atom is 0.296 e. The van der Waals surface area contributed by atoms with Crippen LogP contribution in [0.2, 0.25) is 0 Å². The lowest BCUT2D eigenvalue weighted by Gasteiger charge is -2.11. The fraction of sp³-hybridized carbons (Fsp3) is 0.231. The molecular formula is C13H14N4O4. The number of hydrogen-bond donors (Lipinski definition) is 1. The number of methoxy groups -OCH3 is 2. The van der Waals surface area contributed by atoms with Crippen LogP contribution in [0.4, 0.5) is 11.4 Å². The molecule has 8 heteroatoms. The number of aromatic nitrogens is 2. The average Bonchev–Trinajstić information content (AvgIpc) is 2.52. The Labute approximate surface area is 120 Å². The van der Waals surface area contributed by atoms with Gasteiger partial charge in [0.1, 0.15) is 12.0 Å². The third-order valence-electron chi connectivity index (χ3n) is 2.80. The Morgan fingerprint density at radius 1 is 1.29 bits per heavy atom. The van der Waals surface area contributed by atoms with E-state index in [1.807, 2.05) is 0 Å². The molecule has 0 radical (unpaired) electrons. The van der Waals surface area contributed by atoms with Crippen molar-refractivity contribution in [1.29, 1.82) is 0 Å². The Morgan fingerprint density at radius 2 is 2.00 bits per heavy atom. The number of nitro benzene ring substituents is 1. The monoisotopic (exact) mass is 290 g/mol. The molecule has 0 unspecified atom stereocenters. The minimum atomic E-state index is -0.482. The van der Waals surface area contributed by atoms with E-state index in [2.05, 4.69) is 15.3 Å². The standard InChI is InChI=1S/C13H14N4O4/c1-20-12-5-10(11(17(18)19)6-13(12)21-2)15-7-9-3-4-14-8-16-9/h3-6,8,15H,7H2,1-2H3. The van der Waals surface area contributed by atoms with Crippen molar-refractivity contribution in [1.82, 2.24) is 9.97 Å². The molecule has 1 aromatic carbocycles. The summed E-state index contributed by atoms with van der Waals surface area (Å²) in [6.07, 6.45) is 3.02. The van der Waals surface area contributed by atoms with Crippen molar-refractivity contribution < 1.29 is 14.4 Å². The summed E-state index contributed by atoms with van der Waals surface area (Å²) < 4.78 is 10.2. The van der Waals surface area contributed by atoms with Gasteiger partial charge in [0.25, 0.3) is 5.69 Å². The topological polar surface area (TPSA) is 99.4 Å². The normalized spacial score (nSPS) is 10.0. The molecule has 0 fully saturated rings. The first-order valence-electron chi connectivity index (χ1n) is 6.05. The van der Waals surface area contributed by atoms with Crippen LogP contribution in [-0.2, 0) is 6.54 Å². The fourth-order valence-electron chi connectivity index (χ4n) is 1.77. The number of nitro groups is 1. The molecule has 0 aliphatic carbocycles. The van der Waals surface area contributed by atoms with Crippen molar-refractivity contribution in [3.05, 3.63) is 46.5 Å². The zero-order chi connectivity index (χ0) is 15.2. The van der Waals surface area contributed by atoms with Crippen LogP contribution in [0.1, 0.15) is 5.69 Å². The molecule has 0 aliphatic rings. The van der Waals surface area contributed by atoms with Gasteiger partial charge in [0.2, 0.25) is 0 Å². The smallest absolute Gasteiger partial charge is 0.296 e. The molecule has 0 bridgehead atoms. The summed E-state index contributed by atoms with van der Waals surface area (Å²) in [6.45, 7) is 0.332. The maximum absolute atomic E-state index is 11.1. The average molecular weight is 290 g/mol. The Kier molecular flexibility index (Phi) is 4.50. The second kappa shape index (κ2) is 6.51. The molecule has 0 amide bonds. The summed E-state index contributed by atoms with van der Waals surface area (Å²) in [7, 11) is 2.90. The maximum atomic E-state index is 11.1. The van der Waals surface area contributed by atoms with Crippen LogP contribution in [-0.4, -0.2) is 29.1 Å². The summed E-state index contributed by atoms with van der Waals surface area (Å²) in [5, 5.41) is 14.1. The zero-order valence-electron chi connectivity index (χ0n) is 11.6. The van der Waals surface area contributed by atoms with Gasteiger partial charge in [-0.1, -0.05) is 0 Å². The Bertz CT molecular complexity index is 634. The number of anilines is 1. The van der Waals surface area contributed by atoms with Crippen LogP contribution in [0.5, 0.6) is 11.5 Å². The number of rotatable bonds is 6. The SMILES string of the molecule is COc1cc(NCc2ccncn2)c([N+](=O)[O-])cc1OC. The van der Waals surface area contributed by atoms with Gasteiger partial charge < -0.3 is 14.8 Å². The first-order valence-corrected chi connectivity index (χ1v) is 6.05. The number of nitrogens with zero attached hydrogens (tertiary/aromatic N) is 3. The Balaban J connectivity index is 2.30. The van der Waals surface area contributed by atoms with Crippen LogP contribution < -0.4 is 14.8 Å². The van der Waals surface area contributed by atoms with E-state index < -0.39 is 4.92 Å². The third kappa shape index (κ3) is 3.35. The molecule has 8 nitrogen and oxygen atoms in total. The summed E-state index contributed by atoms with van der Waals surface area (Å²) in [5.74, 6) is 0.713. The molecule has 0 aliphatic heterocycles. The van der Waals surface area contributed by atoms with Crippen LogP contribution >= 0.6 is 0 Å². The van der Waals surface area contributed by atoms with Gasteiger partial charge >= 0.3 is 0 Å². The van der Waals surface area contributed by atoms with Crippen molar-refractivity contribution in [3.8, 4) is 11.5 Å².